The lowest BCUT2D eigenvalue weighted by molar-refractivity contribution is 0.345. The summed E-state index contributed by atoms with van der Waals surface area (Å²) in [4.78, 5) is 0. The van der Waals surface area contributed by atoms with Gasteiger partial charge in [-0.05, 0) is 36.5 Å². The highest BCUT2D eigenvalue weighted by molar-refractivity contribution is 5.44. The number of hydrogen-bond donors (Lipinski definition) is 1. The van der Waals surface area contributed by atoms with E-state index in [1.165, 1.54) is 62.6 Å². The third-order valence-electron chi connectivity index (χ3n) is 4.10. The fraction of sp³-hybridized carbons (Fsp3) is 0.647. The van der Waals surface area contributed by atoms with Gasteiger partial charge in [0.25, 0.3) is 0 Å². The zero-order valence-corrected chi connectivity index (χ0v) is 11.8. The highest BCUT2D eigenvalue weighted by Crippen LogP contribution is 2.26. The molecule has 0 saturated heterocycles. The zero-order chi connectivity index (χ0) is 12.6. The maximum Gasteiger partial charge on any atom is 0.0340 e. The number of rotatable bonds is 6. The zero-order valence-electron chi connectivity index (χ0n) is 11.8. The van der Waals surface area contributed by atoms with Crippen molar-refractivity contribution in [2.24, 2.45) is 5.92 Å². The summed E-state index contributed by atoms with van der Waals surface area (Å²) in [5, 5.41) is 3.56. The van der Waals surface area contributed by atoms with Gasteiger partial charge in [0.1, 0.15) is 0 Å². The van der Waals surface area contributed by atoms with Gasteiger partial charge in [0, 0.05) is 12.2 Å². The molecule has 1 N–H and O–H groups in total. The molecule has 0 unspecified atom stereocenters. The van der Waals surface area contributed by atoms with Gasteiger partial charge < -0.3 is 5.32 Å². The number of benzene rings is 1. The molecule has 0 amide bonds. The van der Waals surface area contributed by atoms with E-state index in [-0.39, 0.29) is 0 Å². The molecule has 0 atom stereocenters. The molecule has 18 heavy (non-hydrogen) atoms. The maximum absolute atomic E-state index is 3.56. The fourth-order valence-electron chi connectivity index (χ4n) is 2.97. The van der Waals surface area contributed by atoms with Gasteiger partial charge in [-0.25, -0.2) is 0 Å². The van der Waals surface area contributed by atoms with E-state index in [2.05, 4.69) is 36.5 Å². The third-order valence-corrected chi connectivity index (χ3v) is 4.10. The highest BCUT2D eigenvalue weighted by atomic mass is 14.9. The summed E-state index contributed by atoms with van der Waals surface area (Å²) in [6, 6.07) is 8.97. The summed E-state index contributed by atoms with van der Waals surface area (Å²) in [7, 11) is 0. The monoisotopic (exact) mass is 245 g/mol. The van der Waals surface area contributed by atoms with Crippen LogP contribution in [0.3, 0.4) is 0 Å². The Bertz CT molecular complexity index is 322. The predicted octanol–water partition coefficient (Wildman–Crippen LogP) is 5.02. The van der Waals surface area contributed by atoms with Gasteiger partial charge in [0.2, 0.25) is 0 Å². The van der Waals surface area contributed by atoms with Gasteiger partial charge in [0.15, 0.2) is 0 Å². The Kier molecular flexibility index (Phi) is 5.57. The van der Waals surface area contributed by atoms with Crippen LogP contribution in [-0.4, -0.2) is 6.54 Å². The minimum Gasteiger partial charge on any atom is -0.385 e. The largest absolute Gasteiger partial charge is 0.385 e. The Morgan fingerprint density at radius 1 is 1.06 bits per heavy atom. The number of aryl methyl sites for hydroxylation is 1. The first-order chi connectivity index (χ1) is 8.88. The van der Waals surface area contributed by atoms with Crippen LogP contribution in [0.5, 0.6) is 0 Å². The summed E-state index contributed by atoms with van der Waals surface area (Å²) >= 11 is 0. The lowest BCUT2D eigenvalue weighted by Gasteiger charge is -2.21. The van der Waals surface area contributed by atoms with E-state index in [4.69, 9.17) is 0 Å². The summed E-state index contributed by atoms with van der Waals surface area (Å²) in [5.41, 5.74) is 2.74. The molecule has 1 fully saturated rings. The quantitative estimate of drug-likeness (QED) is 0.742. The molecule has 1 nitrogen and oxygen atoms in total. The molecule has 1 aliphatic carbocycles. The van der Waals surface area contributed by atoms with Crippen molar-refractivity contribution >= 4 is 5.69 Å². The topological polar surface area (TPSA) is 12.0 Å². The molecule has 1 aliphatic rings. The maximum atomic E-state index is 3.56. The Balaban J connectivity index is 1.69. The molecule has 1 heteroatoms. The average Bonchev–Trinajstić information content (AvgIpc) is 2.42. The lowest BCUT2D eigenvalue weighted by atomic mass is 9.87. The minimum atomic E-state index is 0.977. The van der Waals surface area contributed by atoms with E-state index >= 15 is 0 Å². The van der Waals surface area contributed by atoms with Crippen LogP contribution < -0.4 is 5.32 Å². The van der Waals surface area contributed by atoms with E-state index in [1.807, 2.05) is 0 Å². The SMILES string of the molecule is CCCc1ccc(NCCC2CCCCC2)cc1. The van der Waals surface area contributed by atoms with Gasteiger partial charge in [-0.15, -0.1) is 0 Å². The van der Waals surface area contributed by atoms with E-state index in [1.54, 1.807) is 0 Å². The summed E-state index contributed by atoms with van der Waals surface area (Å²) in [6.07, 6.45) is 11.1. The van der Waals surface area contributed by atoms with Crippen molar-refractivity contribution < 1.29 is 0 Å². The van der Waals surface area contributed by atoms with Crippen molar-refractivity contribution in [1.29, 1.82) is 0 Å². The minimum absolute atomic E-state index is 0.977. The Morgan fingerprint density at radius 3 is 2.44 bits per heavy atom. The van der Waals surface area contributed by atoms with Crippen LogP contribution >= 0.6 is 0 Å². The van der Waals surface area contributed by atoms with Gasteiger partial charge in [-0.1, -0.05) is 57.6 Å². The smallest absolute Gasteiger partial charge is 0.0340 e. The van der Waals surface area contributed by atoms with Crippen molar-refractivity contribution in [3.63, 3.8) is 0 Å². The molecule has 1 aromatic carbocycles. The lowest BCUT2D eigenvalue weighted by Crippen LogP contribution is -2.12. The second kappa shape index (κ2) is 7.45. The van der Waals surface area contributed by atoms with Crippen molar-refractivity contribution in [2.75, 3.05) is 11.9 Å². The van der Waals surface area contributed by atoms with Gasteiger partial charge in [-0.3, -0.25) is 0 Å². The van der Waals surface area contributed by atoms with Gasteiger partial charge >= 0.3 is 0 Å². The second-order valence-corrected chi connectivity index (χ2v) is 5.67. The molecule has 0 radical (unpaired) electrons. The van der Waals surface area contributed by atoms with Crippen molar-refractivity contribution in [2.45, 2.75) is 58.3 Å². The van der Waals surface area contributed by atoms with E-state index in [9.17, 15) is 0 Å². The first kappa shape index (κ1) is 13.5. The molecule has 1 aromatic rings. The van der Waals surface area contributed by atoms with Crippen LogP contribution in [0.25, 0.3) is 0 Å². The standard InChI is InChI=1S/C17H27N/c1-2-6-15-9-11-17(12-10-15)18-14-13-16-7-4-3-5-8-16/h9-12,16,18H,2-8,13-14H2,1H3. The summed E-state index contributed by atoms with van der Waals surface area (Å²) in [5.74, 6) is 0.977. The van der Waals surface area contributed by atoms with Crippen molar-refractivity contribution in [3.8, 4) is 0 Å². The van der Waals surface area contributed by atoms with Gasteiger partial charge in [0.05, 0.1) is 0 Å². The van der Waals surface area contributed by atoms with Crippen molar-refractivity contribution in [3.05, 3.63) is 29.8 Å². The third kappa shape index (κ3) is 4.36. The van der Waals surface area contributed by atoms with Crippen LogP contribution in [0.15, 0.2) is 24.3 Å². The van der Waals surface area contributed by atoms with Crippen molar-refractivity contribution in [1.82, 2.24) is 0 Å². The normalized spacial score (nSPS) is 16.7. The first-order valence-corrected chi connectivity index (χ1v) is 7.71. The highest BCUT2D eigenvalue weighted by Gasteiger charge is 2.12. The molecular formula is C17H27N. The van der Waals surface area contributed by atoms with Crippen LogP contribution in [-0.2, 0) is 6.42 Å². The molecule has 0 bridgehead atoms. The molecule has 0 aliphatic heterocycles. The van der Waals surface area contributed by atoms with Crippen LogP contribution in [0.4, 0.5) is 5.69 Å². The second-order valence-electron chi connectivity index (χ2n) is 5.67. The molecule has 0 aromatic heterocycles. The van der Waals surface area contributed by atoms with E-state index in [0.29, 0.717) is 0 Å². The number of hydrogen-bond acceptors (Lipinski definition) is 1. The predicted molar refractivity (Wildman–Crippen MR) is 80.1 cm³/mol. The number of anilines is 1. The van der Waals surface area contributed by atoms with E-state index in [0.717, 1.165) is 12.5 Å². The molecule has 100 valence electrons. The van der Waals surface area contributed by atoms with E-state index < -0.39 is 0 Å². The molecule has 2 rings (SSSR count). The Labute approximate surface area is 112 Å². The average molecular weight is 245 g/mol. The van der Waals surface area contributed by atoms with Crippen LogP contribution in [0.1, 0.15) is 57.4 Å². The first-order valence-electron chi connectivity index (χ1n) is 7.71. The Hall–Kier alpha value is -0.980. The summed E-state index contributed by atoms with van der Waals surface area (Å²) in [6.45, 7) is 3.37. The van der Waals surface area contributed by atoms with Crippen LogP contribution in [0.2, 0.25) is 0 Å². The fourth-order valence-corrected chi connectivity index (χ4v) is 2.97. The van der Waals surface area contributed by atoms with Crippen LogP contribution in [0, 0.1) is 5.92 Å². The molecule has 0 spiro atoms. The Morgan fingerprint density at radius 2 is 1.78 bits per heavy atom. The van der Waals surface area contributed by atoms with Gasteiger partial charge in [-0.2, -0.15) is 0 Å². The summed E-state index contributed by atoms with van der Waals surface area (Å²) < 4.78 is 0. The molecule has 1 saturated carbocycles. The number of nitrogens with one attached hydrogen (secondary N) is 1. The molecular weight excluding hydrogens is 218 g/mol. The molecule has 0 heterocycles.